The summed E-state index contributed by atoms with van der Waals surface area (Å²) in [4.78, 5) is 14.1. The van der Waals surface area contributed by atoms with Gasteiger partial charge < -0.3 is 10.2 Å². The molecule has 0 spiro atoms. The van der Waals surface area contributed by atoms with Crippen molar-refractivity contribution in [2.75, 3.05) is 33.7 Å². The maximum Gasteiger partial charge on any atom is 0.251 e. The van der Waals surface area contributed by atoms with Crippen molar-refractivity contribution in [3.05, 3.63) is 29.8 Å². The fourth-order valence-electron chi connectivity index (χ4n) is 1.77. The van der Waals surface area contributed by atoms with Crippen LogP contribution in [0.4, 0.5) is 0 Å². The molecule has 0 fully saturated rings. The molecule has 1 amide bonds. The van der Waals surface area contributed by atoms with E-state index < -0.39 is 10.0 Å². The van der Waals surface area contributed by atoms with Crippen molar-refractivity contribution in [2.24, 2.45) is 0 Å². The summed E-state index contributed by atoms with van der Waals surface area (Å²) in [6.45, 7) is 3.63. The summed E-state index contributed by atoms with van der Waals surface area (Å²) in [5.41, 5.74) is 0.345. The van der Waals surface area contributed by atoms with E-state index in [4.69, 9.17) is 0 Å². The van der Waals surface area contributed by atoms with Gasteiger partial charge in [0.05, 0.1) is 4.90 Å². The Bertz CT molecular complexity index is 585. The highest BCUT2D eigenvalue weighted by molar-refractivity contribution is 7.89. The number of hydrogen-bond donors (Lipinski definition) is 2. The molecule has 1 rings (SSSR count). The van der Waals surface area contributed by atoms with Gasteiger partial charge >= 0.3 is 0 Å². The van der Waals surface area contributed by atoms with Gasteiger partial charge in [-0.15, -0.1) is 0 Å². The summed E-state index contributed by atoms with van der Waals surface area (Å²) < 4.78 is 26.8. The van der Waals surface area contributed by atoms with E-state index in [1.165, 1.54) is 12.1 Å². The Kier molecular flexibility index (Phi) is 7.50. The molecule has 0 aliphatic heterocycles. The molecule has 0 radical (unpaired) electrons. The van der Waals surface area contributed by atoms with E-state index in [1.54, 1.807) is 12.1 Å². The molecule has 0 aliphatic carbocycles. The largest absolute Gasteiger partial charge is 0.351 e. The molecule has 6 nitrogen and oxygen atoms in total. The smallest absolute Gasteiger partial charge is 0.251 e. The SMILES string of the molecule is CCCCNS(=O)(=O)c1cccc(C(=O)NCCN(C)C)c1. The van der Waals surface area contributed by atoms with Gasteiger partial charge in [-0.25, -0.2) is 13.1 Å². The minimum absolute atomic E-state index is 0.115. The van der Waals surface area contributed by atoms with Crippen LogP contribution in [0.3, 0.4) is 0 Å². The highest BCUT2D eigenvalue weighted by Crippen LogP contribution is 2.11. The summed E-state index contributed by atoms with van der Waals surface area (Å²) in [5, 5.41) is 2.77. The van der Waals surface area contributed by atoms with Gasteiger partial charge in [0.2, 0.25) is 10.0 Å². The number of nitrogens with zero attached hydrogens (tertiary/aromatic N) is 1. The number of carbonyl (C=O) groups excluding carboxylic acids is 1. The van der Waals surface area contributed by atoms with E-state index in [9.17, 15) is 13.2 Å². The monoisotopic (exact) mass is 327 g/mol. The summed E-state index contributed by atoms with van der Waals surface area (Å²) in [7, 11) is 0.275. The molecular formula is C15H25N3O3S. The molecule has 0 heterocycles. The molecule has 124 valence electrons. The molecule has 7 heteroatoms. The van der Waals surface area contributed by atoms with Crippen LogP contribution in [-0.4, -0.2) is 53.0 Å². The Labute approximate surface area is 132 Å². The Morgan fingerprint density at radius 2 is 1.95 bits per heavy atom. The zero-order chi connectivity index (χ0) is 16.6. The van der Waals surface area contributed by atoms with Gasteiger partial charge in [0, 0.05) is 25.2 Å². The Morgan fingerprint density at radius 1 is 1.23 bits per heavy atom. The van der Waals surface area contributed by atoms with Crippen LogP contribution in [0.15, 0.2) is 29.2 Å². The number of amides is 1. The van der Waals surface area contributed by atoms with Crippen molar-refractivity contribution >= 4 is 15.9 Å². The van der Waals surface area contributed by atoms with E-state index in [0.717, 1.165) is 19.4 Å². The average Bonchev–Trinajstić information content (AvgIpc) is 2.47. The molecule has 0 aliphatic rings. The molecule has 0 aromatic heterocycles. The van der Waals surface area contributed by atoms with E-state index in [0.29, 0.717) is 18.7 Å². The van der Waals surface area contributed by atoms with Crippen molar-refractivity contribution in [1.82, 2.24) is 14.9 Å². The van der Waals surface area contributed by atoms with Crippen LogP contribution in [0.2, 0.25) is 0 Å². The van der Waals surface area contributed by atoms with Crippen LogP contribution >= 0.6 is 0 Å². The van der Waals surface area contributed by atoms with E-state index in [-0.39, 0.29) is 10.8 Å². The van der Waals surface area contributed by atoms with Gasteiger partial charge in [0.25, 0.3) is 5.91 Å². The fraction of sp³-hybridized carbons (Fsp3) is 0.533. The number of likely N-dealkylation sites (N-methyl/N-ethyl adjacent to an activating group) is 1. The van der Waals surface area contributed by atoms with Crippen LogP contribution in [0.1, 0.15) is 30.1 Å². The molecule has 0 unspecified atom stereocenters. The van der Waals surface area contributed by atoms with Crippen molar-refractivity contribution in [3.63, 3.8) is 0 Å². The summed E-state index contributed by atoms with van der Waals surface area (Å²) in [5.74, 6) is -0.271. The highest BCUT2D eigenvalue weighted by atomic mass is 32.2. The lowest BCUT2D eigenvalue weighted by Crippen LogP contribution is -2.31. The number of rotatable bonds is 9. The van der Waals surface area contributed by atoms with E-state index in [2.05, 4.69) is 10.0 Å². The lowest BCUT2D eigenvalue weighted by molar-refractivity contribution is 0.0951. The van der Waals surface area contributed by atoms with E-state index >= 15 is 0 Å². The van der Waals surface area contributed by atoms with Crippen LogP contribution in [0.5, 0.6) is 0 Å². The lowest BCUT2D eigenvalue weighted by Gasteiger charge is -2.11. The predicted molar refractivity (Wildman–Crippen MR) is 87.4 cm³/mol. The number of sulfonamides is 1. The van der Waals surface area contributed by atoms with Crippen molar-refractivity contribution in [2.45, 2.75) is 24.7 Å². The Morgan fingerprint density at radius 3 is 2.59 bits per heavy atom. The van der Waals surface area contributed by atoms with Gasteiger partial charge in [-0.05, 0) is 38.7 Å². The third-order valence-electron chi connectivity index (χ3n) is 3.07. The highest BCUT2D eigenvalue weighted by Gasteiger charge is 2.15. The quantitative estimate of drug-likeness (QED) is 0.665. The third kappa shape index (κ3) is 6.13. The average molecular weight is 327 g/mol. The first kappa shape index (κ1) is 18.6. The number of carbonyl (C=O) groups is 1. The second-order valence-corrected chi connectivity index (χ2v) is 7.11. The van der Waals surface area contributed by atoms with Gasteiger partial charge in [-0.1, -0.05) is 19.4 Å². The lowest BCUT2D eigenvalue weighted by atomic mass is 10.2. The minimum Gasteiger partial charge on any atom is -0.351 e. The molecule has 2 N–H and O–H groups in total. The topological polar surface area (TPSA) is 78.5 Å². The van der Waals surface area contributed by atoms with Gasteiger partial charge in [-0.2, -0.15) is 0 Å². The molecule has 1 aromatic rings. The number of unbranched alkanes of at least 4 members (excludes halogenated alkanes) is 1. The first-order valence-electron chi connectivity index (χ1n) is 7.39. The molecule has 0 atom stereocenters. The zero-order valence-electron chi connectivity index (χ0n) is 13.4. The van der Waals surface area contributed by atoms with Gasteiger partial charge in [0.1, 0.15) is 0 Å². The molecule has 0 bridgehead atoms. The van der Waals surface area contributed by atoms with Crippen LogP contribution in [0, 0.1) is 0 Å². The number of hydrogen-bond acceptors (Lipinski definition) is 4. The third-order valence-corrected chi connectivity index (χ3v) is 4.53. The second kappa shape index (κ2) is 8.87. The van der Waals surface area contributed by atoms with Crippen molar-refractivity contribution in [3.8, 4) is 0 Å². The number of benzene rings is 1. The fourth-order valence-corrected chi connectivity index (χ4v) is 2.89. The summed E-state index contributed by atoms with van der Waals surface area (Å²) >= 11 is 0. The molecule has 22 heavy (non-hydrogen) atoms. The molecular weight excluding hydrogens is 302 g/mol. The first-order valence-corrected chi connectivity index (χ1v) is 8.88. The molecule has 1 aromatic carbocycles. The first-order chi connectivity index (χ1) is 10.4. The zero-order valence-corrected chi connectivity index (χ0v) is 14.2. The maximum absolute atomic E-state index is 12.1. The second-order valence-electron chi connectivity index (χ2n) is 5.34. The van der Waals surface area contributed by atoms with Crippen LogP contribution in [0.25, 0.3) is 0 Å². The van der Waals surface area contributed by atoms with Crippen LogP contribution in [-0.2, 0) is 10.0 Å². The van der Waals surface area contributed by atoms with E-state index in [1.807, 2.05) is 25.9 Å². The summed E-state index contributed by atoms with van der Waals surface area (Å²) in [6, 6.07) is 6.08. The van der Waals surface area contributed by atoms with Gasteiger partial charge in [-0.3, -0.25) is 4.79 Å². The molecule has 0 saturated carbocycles. The molecule has 0 saturated heterocycles. The minimum atomic E-state index is -3.56. The standard InChI is InChI=1S/C15H25N3O3S/c1-4-5-9-17-22(20,21)14-8-6-7-13(12-14)15(19)16-10-11-18(2)3/h6-8,12,17H,4-5,9-11H2,1-3H3,(H,16,19). The van der Waals surface area contributed by atoms with Crippen molar-refractivity contribution in [1.29, 1.82) is 0 Å². The Balaban J connectivity index is 2.74. The Hall–Kier alpha value is -1.44. The summed E-state index contributed by atoms with van der Waals surface area (Å²) in [6.07, 6.45) is 1.70. The maximum atomic E-state index is 12.1. The van der Waals surface area contributed by atoms with Crippen LogP contribution < -0.4 is 10.0 Å². The number of nitrogens with one attached hydrogen (secondary N) is 2. The van der Waals surface area contributed by atoms with Gasteiger partial charge in [0.15, 0.2) is 0 Å². The van der Waals surface area contributed by atoms with Crippen molar-refractivity contribution < 1.29 is 13.2 Å². The normalized spacial score (nSPS) is 11.6. The predicted octanol–water partition coefficient (Wildman–Crippen LogP) is 1.06.